The minimum Gasteiger partial charge on any atom is -0.506 e. The Balaban J connectivity index is 2.17. The summed E-state index contributed by atoms with van der Waals surface area (Å²) in [7, 11) is 0. The Hall–Kier alpha value is -1.79. The van der Waals surface area contributed by atoms with E-state index in [1.54, 1.807) is 30.3 Å². The predicted octanol–water partition coefficient (Wildman–Crippen LogP) is 4.33. The van der Waals surface area contributed by atoms with Crippen LogP contribution in [0.2, 0.25) is 5.02 Å². The Morgan fingerprint density at radius 3 is 2.80 bits per heavy atom. The molecule has 0 fully saturated rings. The van der Waals surface area contributed by atoms with Crippen LogP contribution in [0.15, 0.2) is 40.9 Å². The van der Waals surface area contributed by atoms with E-state index in [9.17, 15) is 15.2 Å². The van der Waals surface area contributed by atoms with Gasteiger partial charge in [-0.3, -0.25) is 10.1 Å². The second kappa shape index (κ2) is 6.11. The van der Waals surface area contributed by atoms with Gasteiger partial charge in [-0.05, 0) is 34.1 Å². The minimum atomic E-state index is -0.466. The molecule has 0 aliphatic rings. The third-order valence-electron chi connectivity index (χ3n) is 2.70. The van der Waals surface area contributed by atoms with Gasteiger partial charge in [0, 0.05) is 23.9 Å². The molecular weight excluding hydrogens is 348 g/mol. The Morgan fingerprint density at radius 2 is 2.10 bits per heavy atom. The molecule has 104 valence electrons. The number of rotatable bonds is 4. The molecule has 0 radical (unpaired) electrons. The number of nitro groups is 1. The van der Waals surface area contributed by atoms with Crippen molar-refractivity contribution in [3.05, 3.63) is 61.6 Å². The van der Waals surface area contributed by atoms with Gasteiger partial charge in [0.2, 0.25) is 0 Å². The lowest BCUT2D eigenvalue weighted by molar-refractivity contribution is -0.385. The zero-order valence-corrected chi connectivity index (χ0v) is 12.5. The Kier molecular flexibility index (Phi) is 4.46. The molecule has 2 aromatic rings. The number of halogens is 2. The number of nitrogens with zero attached hydrogens (tertiary/aromatic N) is 1. The molecule has 7 heteroatoms. The van der Waals surface area contributed by atoms with Crippen LogP contribution in [0.5, 0.6) is 5.75 Å². The lowest BCUT2D eigenvalue weighted by Gasteiger charge is -2.09. The van der Waals surface area contributed by atoms with Crippen LogP contribution in [0.4, 0.5) is 11.4 Å². The molecule has 0 saturated carbocycles. The molecule has 0 unspecified atom stereocenters. The molecule has 0 saturated heterocycles. The van der Waals surface area contributed by atoms with Crippen LogP contribution < -0.4 is 5.32 Å². The molecule has 2 N–H and O–H groups in total. The van der Waals surface area contributed by atoms with E-state index in [0.29, 0.717) is 22.3 Å². The van der Waals surface area contributed by atoms with Crippen LogP contribution in [0.25, 0.3) is 0 Å². The second-order valence-corrected chi connectivity index (χ2v) is 5.29. The summed E-state index contributed by atoms with van der Waals surface area (Å²) in [6.45, 7) is 0.311. The summed E-state index contributed by atoms with van der Waals surface area (Å²) in [5.41, 5.74) is 1.17. The van der Waals surface area contributed by atoms with Crippen molar-refractivity contribution in [1.29, 1.82) is 0 Å². The molecule has 20 heavy (non-hydrogen) atoms. The van der Waals surface area contributed by atoms with Gasteiger partial charge in [-0.2, -0.15) is 0 Å². The topological polar surface area (TPSA) is 75.4 Å². The molecule has 0 amide bonds. The van der Waals surface area contributed by atoms with Crippen molar-refractivity contribution < 1.29 is 10.0 Å². The van der Waals surface area contributed by atoms with Gasteiger partial charge in [0.25, 0.3) is 5.69 Å². The number of anilines is 1. The van der Waals surface area contributed by atoms with Crippen LogP contribution in [0.1, 0.15) is 5.56 Å². The van der Waals surface area contributed by atoms with E-state index in [4.69, 9.17) is 11.6 Å². The van der Waals surface area contributed by atoms with E-state index in [2.05, 4.69) is 21.2 Å². The molecule has 0 spiro atoms. The van der Waals surface area contributed by atoms with Gasteiger partial charge in [-0.25, -0.2) is 0 Å². The van der Waals surface area contributed by atoms with Gasteiger partial charge in [0.1, 0.15) is 5.75 Å². The van der Waals surface area contributed by atoms with Gasteiger partial charge >= 0.3 is 0 Å². The highest BCUT2D eigenvalue weighted by molar-refractivity contribution is 9.10. The summed E-state index contributed by atoms with van der Waals surface area (Å²) in [5, 5.41) is 23.9. The molecule has 0 aliphatic heterocycles. The Morgan fingerprint density at radius 1 is 1.35 bits per heavy atom. The maximum absolute atomic E-state index is 10.8. The number of nitrogens with one attached hydrogen (secondary N) is 1. The van der Waals surface area contributed by atoms with Crippen molar-refractivity contribution in [2.75, 3.05) is 5.32 Å². The average molecular weight is 358 g/mol. The fourth-order valence-corrected chi connectivity index (χ4v) is 2.25. The zero-order chi connectivity index (χ0) is 14.7. The highest BCUT2D eigenvalue weighted by atomic mass is 79.9. The Labute approximate surface area is 128 Å². The van der Waals surface area contributed by atoms with Crippen LogP contribution in [-0.2, 0) is 6.54 Å². The largest absolute Gasteiger partial charge is 0.506 e. The van der Waals surface area contributed by atoms with E-state index in [0.717, 1.165) is 0 Å². The molecule has 0 atom stereocenters. The summed E-state index contributed by atoms with van der Waals surface area (Å²) >= 11 is 8.93. The molecule has 0 aromatic heterocycles. The van der Waals surface area contributed by atoms with Crippen molar-refractivity contribution in [3.8, 4) is 5.75 Å². The highest BCUT2D eigenvalue weighted by Crippen LogP contribution is 2.30. The average Bonchev–Trinajstić information content (AvgIpc) is 2.41. The lowest BCUT2D eigenvalue weighted by atomic mass is 10.2. The van der Waals surface area contributed by atoms with Gasteiger partial charge in [-0.15, -0.1) is 0 Å². The zero-order valence-electron chi connectivity index (χ0n) is 10.1. The first-order valence-electron chi connectivity index (χ1n) is 5.63. The van der Waals surface area contributed by atoms with Crippen molar-refractivity contribution in [2.24, 2.45) is 0 Å². The number of benzene rings is 2. The first-order valence-corrected chi connectivity index (χ1v) is 6.80. The van der Waals surface area contributed by atoms with Gasteiger partial charge in [-0.1, -0.05) is 23.7 Å². The van der Waals surface area contributed by atoms with Crippen LogP contribution in [-0.4, -0.2) is 10.0 Å². The van der Waals surface area contributed by atoms with Gasteiger partial charge in [0.05, 0.1) is 14.4 Å². The first kappa shape index (κ1) is 14.6. The molecular formula is C13H10BrClN2O3. The molecule has 0 aliphatic carbocycles. The van der Waals surface area contributed by atoms with E-state index in [1.807, 2.05) is 0 Å². The monoisotopic (exact) mass is 356 g/mol. The van der Waals surface area contributed by atoms with Crippen molar-refractivity contribution in [2.45, 2.75) is 6.54 Å². The fraction of sp³-hybridized carbons (Fsp3) is 0.0769. The minimum absolute atomic E-state index is 0.00766. The molecule has 2 rings (SSSR count). The smallest absolute Gasteiger partial charge is 0.285 e. The van der Waals surface area contributed by atoms with Gasteiger partial charge < -0.3 is 10.4 Å². The summed E-state index contributed by atoms with van der Waals surface area (Å²) in [6.07, 6.45) is 0. The number of phenolic OH excluding ortho intramolecular Hbond substituents is 1. The predicted molar refractivity (Wildman–Crippen MR) is 81.2 cm³/mol. The van der Waals surface area contributed by atoms with E-state index >= 15 is 0 Å². The Bertz CT molecular complexity index is 664. The standard InChI is InChI=1S/C13H10BrClN2O3/c14-10-5-4-9(6-12(10)17(19)20)16-7-8-2-1-3-11(15)13(8)18/h1-6,16,18H,7H2. The number of nitro benzene ring substituents is 1. The van der Waals surface area contributed by atoms with Crippen molar-refractivity contribution in [3.63, 3.8) is 0 Å². The van der Waals surface area contributed by atoms with E-state index in [-0.39, 0.29) is 16.5 Å². The van der Waals surface area contributed by atoms with Crippen LogP contribution in [0.3, 0.4) is 0 Å². The summed E-state index contributed by atoms with van der Waals surface area (Å²) < 4.78 is 0.415. The maximum atomic E-state index is 10.8. The summed E-state index contributed by atoms with van der Waals surface area (Å²) in [4.78, 5) is 10.4. The van der Waals surface area contributed by atoms with Gasteiger partial charge in [0.15, 0.2) is 0 Å². The fourth-order valence-electron chi connectivity index (χ4n) is 1.66. The maximum Gasteiger partial charge on any atom is 0.285 e. The van der Waals surface area contributed by atoms with E-state index < -0.39 is 4.92 Å². The normalized spacial score (nSPS) is 10.3. The number of hydrogen-bond acceptors (Lipinski definition) is 4. The number of aromatic hydroxyl groups is 1. The number of phenols is 1. The molecule has 0 bridgehead atoms. The third kappa shape index (κ3) is 3.20. The molecule has 2 aromatic carbocycles. The number of para-hydroxylation sites is 1. The number of hydrogen-bond donors (Lipinski definition) is 2. The van der Waals surface area contributed by atoms with Crippen LogP contribution in [0, 0.1) is 10.1 Å². The highest BCUT2D eigenvalue weighted by Gasteiger charge is 2.12. The van der Waals surface area contributed by atoms with E-state index in [1.165, 1.54) is 6.07 Å². The SMILES string of the molecule is O=[N+]([O-])c1cc(NCc2cccc(Cl)c2O)ccc1Br. The summed E-state index contributed by atoms with van der Waals surface area (Å²) in [6, 6.07) is 9.76. The van der Waals surface area contributed by atoms with Crippen LogP contribution >= 0.6 is 27.5 Å². The lowest BCUT2D eigenvalue weighted by Crippen LogP contribution is -2.00. The third-order valence-corrected chi connectivity index (χ3v) is 3.67. The van der Waals surface area contributed by atoms with Crippen molar-refractivity contribution >= 4 is 38.9 Å². The molecule has 0 heterocycles. The first-order chi connectivity index (χ1) is 9.49. The quantitative estimate of drug-likeness (QED) is 0.631. The molecule has 5 nitrogen and oxygen atoms in total. The van der Waals surface area contributed by atoms with Crippen molar-refractivity contribution in [1.82, 2.24) is 0 Å². The summed E-state index contributed by atoms with van der Waals surface area (Å²) in [5.74, 6) is 0.00766. The second-order valence-electron chi connectivity index (χ2n) is 4.02.